The molecule has 0 radical (unpaired) electrons. The van der Waals surface area contributed by atoms with Crippen LogP contribution in [0.2, 0.25) is 0 Å². The van der Waals surface area contributed by atoms with Crippen molar-refractivity contribution < 1.29 is 65.2 Å². The summed E-state index contributed by atoms with van der Waals surface area (Å²) in [7, 11) is -13.9. The average Bonchev–Trinajstić information content (AvgIpc) is 2.20. The van der Waals surface area contributed by atoms with Crippen molar-refractivity contribution in [3.05, 3.63) is 0 Å². The lowest BCUT2D eigenvalue weighted by atomic mass is 10.8. The fourth-order valence-corrected chi connectivity index (χ4v) is 2.74. The number of hydrogen-bond acceptors (Lipinski definition) is 9. The first-order chi connectivity index (χ1) is 10.5. The summed E-state index contributed by atoms with van der Waals surface area (Å²) in [6, 6.07) is 0. The fourth-order valence-electron chi connectivity index (χ4n) is 0.817. The topological polar surface area (TPSA) is 122 Å². The van der Waals surface area contributed by atoms with Crippen LogP contribution in [-0.2, 0) is 42.2 Å². The number of rotatable bonds is 10. The molecule has 0 aromatic carbocycles. The Morgan fingerprint density at radius 2 is 1.00 bits per heavy atom. The van der Waals surface area contributed by atoms with Crippen molar-refractivity contribution >= 4 is 28.5 Å². The molecule has 0 aromatic rings. The van der Waals surface area contributed by atoms with Crippen LogP contribution < -0.4 is 0 Å². The first kappa shape index (κ1) is 23.5. The second-order valence-electron chi connectivity index (χ2n) is 3.64. The number of hydrogen-bond donors (Lipinski definition) is 0. The van der Waals surface area contributed by atoms with Gasteiger partial charge in [-0.3, -0.25) is 13.6 Å². The highest BCUT2D eigenvalue weighted by atomic mass is 32.2. The standard InChI is InChI=1S/C6H9F6O9PS2/c7-5(8,9)1-23(14,15)20-3-18-22(13)19-4-21-24(16,17)2-6(10,11)12/h22H,1-4H2. The number of halogens is 6. The van der Waals surface area contributed by atoms with Gasteiger partial charge in [0.2, 0.25) is 0 Å². The van der Waals surface area contributed by atoms with Crippen LogP contribution in [0.15, 0.2) is 0 Å². The van der Waals surface area contributed by atoms with Crippen LogP contribution in [0.1, 0.15) is 0 Å². The molecule has 24 heavy (non-hydrogen) atoms. The first-order valence-corrected chi connectivity index (χ1v) is 9.56. The lowest BCUT2D eigenvalue weighted by Gasteiger charge is -2.09. The lowest BCUT2D eigenvalue weighted by Crippen LogP contribution is -2.25. The summed E-state index contributed by atoms with van der Waals surface area (Å²) in [5.74, 6) is -4.69. The summed E-state index contributed by atoms with van der Waals surface area (Å²) >= 11 is 0. The van der Waals surface area contributed by atoms with Gasteiger partial charge in [0, 0.05) is 0 Å². The minimum atomic E-state index is -5.10. The van der Waals surface area contributed by atoms with E-state index in [0.29, 0.717) is 0 Å². The summed E-state index contributed by atoms with van der Waals surface area (Å²) in [4.78, 5) is 0. The van der Waals surface area contributed by atoms with E-state index >= 15 is 0 Å². The van der Waals surface area contributed by atoms with E-state index in [2.05, 4.69) is 17.4 Å². The Morgan fingerprint density at radius 1 is 0.708 bits per heavy atom. The molecule has 0 N–H and O–H groups in total. The maximum absolute atomic E-state index is 11.8. The van der Waals surface area contributed by atoms with Crippen LogP contribution in [0.5, 0.6) is 0 Å². The molecule has 0 unspecified atom stereocenters. The van der Waals surface area contributed by atoms with Crippen molar-refractivity contribution in [1.29, 1.82) is 0 Å². The Balaban J connectivity index is 4.13. The molecule has 0 bridgehead atoms. The molecular weight excluding hydrogens is 425 g/mol. The summed E-state index contributed by atoms with van der Waals surface area (Å²) in [5.41, 5.74) is 0. The van der Waals surface area contributed by atoms with E-state index in [4.69, 9.17) is 0 Å². The van der Waals surface area contributed by atoms with E-state index in [1.54, 1.807) is 0 Å². The van der Waals surface area contributed by atoms with Gasteiger partial charge in [-0.25, -0.2) is 8.37 Å². The Kier molecular flexibility index (Phi) is 8.61. The van der Waals surface area contributed by atoms with Gasteiger partial charge >= 0.3 is 20.6 Å². The number of alkyl halides is 6. The Hall–Kier alpha value is -0.450. The first-order valence-electron chi connectivity index (χ1n) is 5.19. The largest absolute Gasteiger partial charge is 0.405 e. The van der Waals surface area contributed by atoms with E-state index < -0.39 is 65.9 Å². The van der Waals surface area contributed by atoms with Gasteiger partial charge in [-0.15, -0.1) is 0 Å². The molecule has 0 rings (SSSR count). The maximum atomic E-state index is 11.8. The molecule has 0 aliphatic rings. The lowest BCUT2D eigenvalue weighted by molar-refractivity contribution is -0.109. The Labute approximate surface area is 132 Å². The minimum Gasteiger partial charge on any atom is -0.282 e. The molecular formula is C6H9F6O9PS2. The molecule has 0 fully saturated rings. The van der Waals surface area contributed by atoms with Gasteiger partial charge in [0.25, 0.3) is 20.2 Å². The van der Waals surface area contributed by atoms with Gasteiger partial charge in [0.05, 0.1) is 0 Å². The third-order valence-electron chi connectivity index (χ3n) is 1.49. The van der Waals surface area contributed by atoms with Crippen molar-refractivity contribution in [3.8, 4) is 0 Å². The zero-order valence-electron chi connectivity index (χ0n) is 11.1. The van der Waals surface area contributed by atoms with Gasteiger partial charge < -0.3 is 0 Å². The SMILES string of the molecule is O=[PH](OCOS(=O)(=O)CC(F)(F)F)OCOS(=O)(=O)CC(F)(F)F. The highest BCUT2D eigenvalue weighted by Gasteiger charge is 2.36. The van der Waals surface area contributed by atoms with Crippen LogP contribution >= 0.6 is 8.25 Å². The Morgan fingerprint density at radius 3 is 1.25 bits per heavy atom. The van der Waals surface area contributed by atoms with E-state index in [0.717, 1.165) is 0 Å². The van der Waals surface area contributed by atoms with Crippen LogP contribution in [0.4, 0.5) is 26.3 Å². The highest BCUT2D eigenvalue weighted by molar-refractivity contribution is 7.87. The van der Waals surface area contributed by atoms with Gasteiger partial charge in [-0.2, -0.15) is 43.2 Å². The van der Waals surface area contributed by atoms with E-state index in [9.17, 15) is 47.7 Å². The molecule has 0 aliphatic heterocycles. The van der Waals surface area contributed by atoms with E-state index in [-0.39, 0.29) is 0 Å². The predicted octanol–water partition coefficient (Wildman–Crippen LogP) is 1.14. The fraction of sp³-hybridized carbons (Fsp3) is 1.00. The van der Waals surface area contributed by atoms with Gasteiger partial charge in [-0.1, -0.05) is 0 Å². The van der Waals surface area contributed by atoms with Crippen molar-refractivity contribution in [3.63, 3.8) is 0 Å². The van der Waals surface area contributed by atoms with Crippen LogP contribution in [-0.4, -0.2) is 54.3 Å². The summed E-state index contributed by atoms with van der Waals surface area (Å²) in [6.07, 6.45) is -10.2. The zero-order chi connectivity index (χ0) is 19.2. The van der Waals surface area contributed by atoms with Crippen molar-refractivity contribution in [2.45, 2.75) is 12.4 Å². The monoisotopic (exact) mass is 434 g/mol. The van der Waals surface area contributed by atoms with Gasteiger partial charge in [0.15, 0.2) is 25.1 Å². The van der Waals surface area contributed by atoms with Gasteiger partial charge in [0.1, 0.15) is 0 Å². The Bertz CT molecular complexity index is 570. The van der Waals surface area contributed by atoms with Gasteiger partial charge in [-0.05, 0) is 0 Å². The van der Waals surface area contributed by atoms with Crippen LogP contribution in [0.25, 0.3) is 0 Å². The molecule has 0 amide bonds. The van der Waals surface area contributed by atoms with E-state index in [1.165, 1.54) is 0 Å². The normalized spacial score (nSPS) is 14.3. The van der Waals surface area contributed by atoms with E-state index in [1.807, 2.05) is 0 Å². The van der Waals surface area contributed by atoms with Crippen LogP contribution in [0.3, 0.4) is 0 Å². The average molecular weight is 434 g/mol. The molecule has 0 heterocycles. The molecule has 146 valence electrons. The molecule has 0 saturated heterocycles. The molecule has 0 aliphatic carbocycles. The second-order valence-corrected chi connectivity index (χ2v) is 8.00. The smallest absolute Gasteiger partial charge is 0.282 e. The second kappa shape index (κ2) is 8.77. The highest BCUT2D eigenvalue weighted by Crippen LogP contribution is 2.25. The third kappa shape index (κ3) is 13.9. The van der Waals surface area contributed by atoms with Crippen molar-refractivity contribution in [1.82, 2.24) is 0 Å². The zero-order valence-corrected chi connectivity index (χ0v) is 13.7. The summed E-state index contributed by atoms with van der Waals surface area (Å²) < 4.78 is 140. The molecule has 18 heteroatoms. The molecule has 0 spiro atoms. The maximum Gasteiger partial charge on any atom is 0.405 e. The summed E-state index contributed by atoms with van der Waals surface area (Å²) in [6.45, 7) is -2.93. The third-order valence-corrected chi connectivity index (χ3v) is 4.47. The minimum absolute atomic E-state index is 1.47. The summed E-state index contributed by atoms with van der Waals surface area (Å²) in [5, 5.41) is 0. The van der Waals surface area contributed by atoms with Crippen molar-refractivity contribution in [2.75, 3.05) is 25.1 Å². The molecule has 9 nitrogen and oxygen atoms in total. The predicted molar refractivity (Wildman–Crippen MR) is 62.8 cm³/mol. The van der Waals surface area contributed by atoms with Crippen LogP contribution in [0, 0.1) is 0 Å². The quantitative estimate of drug-likeness (QED) is 0.216. The molecule has 0 saturated carbocycles. The molecule has 0 atom stereocenters. The van der Waals surface area contributed by atoms with Crippen molar-refractivity contribution in [2.24, 2.45) is 0 Å². The molecule has 0 aromatic heterocycles.